The minimum absolute atomic E-state index is 0.0132. The van der Waals surface area contributed by atoms with E-state index in [0.717, 1.165) is 108 Å². The summed E-state index contributed by atoms with van der Waals surface area (Å²) in [5.74, 6) is -0.678. The SMILES string of the molecule is COC(=O)CNC(=O)CC(NC(=O)c1cc(-c2c(OC)cccc2OC)n(-c2ccc(C)cc2)n1)C1CCCCC1.COC(=O)CNC(=O)CC(NC(=O)c1cc(-c2c(OC)cccc2OC)n(-c2ccc(Cl)cc2)n1)C1CCCCC1.COC(=O)CNC(=O)CC(NC(=O)c1cc(-c2c(OC)cccc2OC)n(-c2ccc(F)cc2)n1)C1CCCCC1. The van der Waals surface area contributed by atoms with Crippen molar-refractivity contribution in [2.24, 2.45) is 17.8 Å². The molecule has 0 spiro atoms. The molecule has 30 nitrogen and oxygen atoms in total. The number of amides is 6. The van der Waals surface area contributed by atoms with Crippen molar-refractivity contribution in [2.75, 3.05) is 83.6 Å². The predicted octanol–water partition coefficient (Wildman–Crippen LogP) is 12.8. The Balaban J connectivity index is 0.000000193. The lowest BCUT2D eigenvalue weighted by molar-refractivity contribution is -0.141. The Labute approximate surface area is 719 Å². The van der Waals surface area contributed by atoms with E-state index in [4.69, 9.17) is 45.1 Å². The fourth-order valence-electron chi connectivity index (χ4n) is 15.7. The van der Waals surface area contributed by atoms with Gasteiger partial charge in [0.2, 0.25) is 17.7 Å². The van der Waals surface area contributed by atoms with Gasteiger partial charge in [0.05, 0.1) is 115 Å². The number of carbonyl (C=O) groups excluding carboxylic acids is 9. The van der Waals surface area contributed by atoms with Crippen LogP contribution in [-0.4, -0.2) is 184 Å². The van der Waals surface area contributed by atoms with Gasteiger partial charge in [-0.25, -0.2) is 18.4 Å². The molecule has 654 valence electrons. The summed E-state index contributed by atoms with van der Waals surface area (Å²) < 4.78 is 66.2. The molecule has 3 heterocycles. The van der Waals surface area contributed by atoms with E-state index in [9.17, 15) is 47.5 Å². The molecule has 32 heteroatoms. The molecule has 123 heavy (non-hydrogen) atoms. The van der Waals surface area contributed by atoms with Gasteiger partial charge in [0.15, 0.2) is 17.1 Å². The lowest BCUT2D eigenvalue weighted by Gasteiger charge is -2.30. The Hall–Kier alpha value is -12.8. The fraction of sp³-hybridized carbons (Fsp3) is 0.407. The number of nitrogens with zero attached hydrogens (tertiary/aromatic N) is 6. The number of hydrogen-bond acceptors (Lipinski definition) is 21. The largest absolute Gasteiger partial charge is 0.496 e. The standard InChI is InChI=1S/C31H38N4O6.C30H35ClN4O6.C30H35FN4O6/c1-20-13-15-22(16-14-20)35-25(30-26(39-2)11-8-12-27(30)40-3)17-24(34-35)31(38)33-23(21-9-6-5-7-10-21)18-28(36)32-19-29(37)41-4;2*1-39-25-10-7-11-26(40-2)29(25)24-16-23(34-35(24)21-14-12-20(31)13-15-21)30(38)33-22(19-8-5-4-6-9-19)17-27(36)32-18-28(37)41-3/h8,11-17,21,23H,5-7,9-10,18-19H2,1-4H3,(H,32,36)(H,33,38);2*7,10-16,19,22H,4-6,8-9,17-18H2,1-3H3,(H,32,36)(H,33,38). The van der Waals surface area contributed by atoms with Gasteiger partial charge in [0.25, 0.3) is 17.7 Å². The summed E-state index contributed by atoms with van der Waals surface area (Å²) in [6.07, 6.45) is 15.0. The first-order valence-corrected chi connectivity index (χ1v) is 41.4. The van der Waals surface area contributed by atoms with Crippen LogP contribution in [0, 0.1) is 30.5 Å². The van der Waals surface area contributed by atoms with E-state index in [2.05, 4.69) is 56.3 Å². The molecule has 0 bridgehead atoms. The zero-order valence-corrected chi connectivity index (χ0v) is 71.7. The topological polar surface area (TPSA) is 362 Å². The highest BCUT2D eigenvalue weighted by molar-refractivity contribution is 6.30. The average molecular weight is 1710 g/mol. The number of nitrogens with one attached hydrogen (secondary N) is 6. The van der Waals surface area contributed by atoms with Crippen LogP contribution in [0.25, 0.3) is 50.8 Å². The van der Waals surface area contributed by atoms with E-state index in [-0.39, 0.29) is 97.4 Å². The van der Waals surface area contributed by atoms with Gasteiger partial charge in [-0.15, -0.1) is 0 Å². The normalized spacial score (nSPS) is 14.1. The van der Waals surface area contributed by atoms with Crippen molar-refractivity contribution < 1.29 is 90.2 Å². The van der Waals surface area contributed by atoms with Gasteiger partial charge in [0.1, 0.15) is 59.9 Å². The molecule has 6 N–H and O–H groups in total. The lowest BCUT2D eigenvalue weighted by Crippen LogP contribution is -2.45. The minimum atomic E-state index is -0.553. The number of halogens is 2. The molecule has 0 radical (unpaired) electrons. The van der Waals surface area contributed by atoms with Crippen LogP contribution in [0.15, 0.2) is 146 Å². The van der Waals surface area contributed by atoms with Crippen LogP contribution in [0.1, 0.15) is 153 Å². The van der Waals surface area contributed by atoms with Gasteiger partial charge in [-0.3, -0.25) is 43.2 Å². The Morgan fingerprint density at radius 2 is 0.626 bits per heavy atom. The molecule has 3 atom stereocenters. The van der Waals surface area contributed by atoms with Gasteiger partial charge >= 0.3 is 17.9 Å². The summed E-state index contributed by atoms with van der Waals surface area (Å²) in [6.45, 7) is 1.32. The van der Waals surface area contributed by atoms with E-state index >= 15 is 0 Å². The zero-order chi connectivity index (χ0) is 88.1. The quantitative estimate of drug-likeness (QED) is 0.0164. The van der Waals surface area contributed by atoms with Crippen molar-refractivity contribution in [2.45, 2.75) is 141 Å². The monoisotopic (exact) mass is 1710 g/mol. The van der Waals surface area contributed by atoms with E-state index in [1.165, 1.54) is 52.4 Å². The Bertz CT molecular complexity index is 4530. The summed E-state index contributed by atoms with van der Waals surface area (Å²) in [5, 5.41) is 31.5. The number of benzene rings is 6. The molecule has 6 amide bonds. The van der Waals surface area contributed by atoms with Crippen molar-refractivity contribution in [3.05, 3.63) is 179 Å². The first kappa shape index (κ1) is 92.5. The molecule has 3 aromatic heterocycles. The number of hydrogen-bond donors (Lipinski definition) is 6. The van der Waals surface area contributed by atoms with Crippen molar-refractivity contribution >= 4 is 65.0 Å². The second kappa shape index (κ2) is 45.7. The van der Waals surface area contributed by atoms with Crippen molar-refractivity contribution in [1.29, 1.82) is 0 Å². The number of aromatic nitrogens is 6. The summed E-state index contributed by atoms with van der Waals surface area (Å²) in [7, 11) is 13.1. The highest BCUT2D eigenvalue weighted by atomic mass is 35.5. The maximum absolute atomic E-state index is 13.7. The minimum Gasteiger partial charge on any atom is -0.496 e. The zero-order valence-electron chi connectivity index (χ0n) is 71.0. The van der Waals surface area contributed by atoms with Crippen LogP contribution in [-0.2, 0) is 43.0 Å². The highest BCUT2D eigenvalue weighted by Crippen LogP contribution is 2.44. The summed E-state index contributed by atoms with van der Waals surface area (Å²) in [4.78, 5) is 114. The first-order valence-electron chi connectivity index (χ1n) is 41.0. The van der Waals surface area contributed by atoms with Crippen LogP contribution in [0.3, 0.4) is 0 Å². The lowest BCUT2D eigenvalue weighted by atomic mass is 9.82. The summed E-state index contributed by atoms with van der Waals surface area (Å²) >= 11 is 6.14. The summed E-state index contributed by atoms with van der Waals surface area (Å²) in [6, 6.07) is 40.6. The van der Waals surface area contributed by atoms with Crippen molar-refractivity contribution in [3.63, 3.8) is 0 Å². The smallest absolute Gasteiger partial charge is 0.325 e. The van der Waals surface area contributed by atoms with Crippen LogP contribution in [0.4, 0.5) is 4.39 Å². The van der Waals surface area contributed by atoms with E-state index < -0.39 is 53.7 Å². The number of methoxy groups -OCH3 is 9. The van der Waals surface area contributed by atoms with Crippen LogP contribution >= 0.6 is 11.6 Å². The molecule has 0 saturated heterocycles. The molecule has 12 rings (SSSR count). The number of rotatable bonds is 33. The molecule has 3 unspecified atom stereocenters. The molecule has 3 aliphatic carbocycles. The number of ether oxygens (including phenoxy) is 9. The molecular formula is C91H108ClFN12O18. The summed E-state index contributed by atoms with van der Waals surface area (Å²) in [5.41, 5.74) is 7.11. The second-order valence-corrected chi connectivity index (χ2v) is 30.4. The van der Waals surface area contributed by atoms with Gasteiger partial charge in [-0.2, -0.15) is 15.3 Å². The first-order chi connectivity index (χ1) is 59.5. The third kappa shape index (κ3) is 25.0. The molecule has 3 fully saturated rings. The van der Waals surface area contributed by atoms with Crippen LogP contribution < -0.4 is 60.3 Å². The van der Waals surface area contributed by atoms with Crippen LogP contribution in [0.5, 0.6) is 34.5 Å². The van der Waals surface area contributed by atoms with Crippen molar-refractivity contribution in [3.8, 4) is 85.3 Å². The van der Waals surface area contributed by atoms with Crippen LogP contribution in [0.2, 0.25) is 5.02 Å². The Morgan fingerprint density at radius 1 is 0.374 bits per heavy atom. The molecule has 3 saturated carbocycles. The van der Waals surface area contributed by atoms with E-state index in [1.54, 1.807) is 111 Å². The second-order valence-electron chi connectivity index (χ2n) is 30.0. The average Bonchev–Trinajstić information content (AvgIpc) is 1.66. The molecule has 9 aromatic rings. The third-order valence-corrected chi connectivity index (χ3v) is 22.3. The molecule has 6 aromatic carbocycles. The Kier molecular flexibility index (Phi) is 34.4. The third-order valence-electron chi connectivity index (χ3n) is 22.1. The van der Waals surface area contributed by atoms with E-state index in [1.807, 2.05) is 67.6 Å². The van der Waals surface area contributed by atoms with Gasteiger partial charge in [0, 0.05) is 42.4 Å². The molecule has 3 aliphatic rings. The van der Waals surface area contributed by atoms with Gasteiger partial charge in [-0.1, -0.05) is 105 Å². The van der Waals surface area contributed by atoms with Crippen molar-refractivity contribution in [1.82, 2.24) is 61.2 Å². The van der Waals surface area contributed by atoms with Gasteiger partial charge in [-0.05, 0) is 178 Å². The number of esters is 3. The molecular weight excluding hydrogens is 1600 g/mol. The predicted molar refractivity (Wildman–Crippen MR) is 458 cm³/mol. The highest BCUT2D eigenvalue weighted by Gasteiger charge is 2.35. The van der Waals surface area contributed by atoms with E-state index in [0.29, 0.717) is 84.7 Å². The Morgan fingerprint density at radius 3 is 0.878 bits per heavy atom. The maximum atomic E-state index is 13.7. The van der Waals surface area contributed by atoms with Gasteiger partial charge < -0.3 is 74.5 Å². The number of aryl methyl sites for hydroxylation is 1. The maximum Gasteiger partial charge on any atom is 0.325 e. The fourth-order valence-corrected chi connectivity index (χ4v) is 15.8. The number of carbonyl (C=O) groups is 9. The molecule has 0 aliphatic heterocycles.